The number of benzene rings is 1. The van der Waals surface area contributed by atoms with Crippen molar-refractivity contribution in [2.75, 3.05) is 0 Å². The summed E-state index contributed by atoms with van der Waals surface area (Å²) in [6.07, 6.45) is 8.79. The number of allylic oxidation sites excluding steroid dienone is 2. The number of rotatable bonds is 5. The van der Waals surface area contributed by atoms with Crippen molar-refractivity contribution in [1.29, 1.82) is 0 Å². The molecule has 0 radical (unpaired) electrons. The number of nitrogens with zero attached hydrogens (tertiary/aromatic N) is 1. The van der Waals surface area contributed by atoms with E-state index in [0.29, 0.717) is 0 Å². The number of hydrogen-bond acceptors (Lipinski definition) is 1. The van der Waals surface area contributed by atoms with Gasteiger partial charge in [0.25, 0.3) is 0 Å². The van der Waals surface area contributed by atoms with E-state index in [1.54, 1.807) is 0 Å². The van der Waals surface area contributed by atoms with Crippen LogP contribution in [0.1, 0.15) is 70.7 Å². The van der Waals surface area contributed by atoms with Crippen LogP contribution in [0.15, 0.2) is 36.5 Å². The lowest BCUT2D eigenvalue weighted by Crippen LogP contribution is -2.26. The Balaban J connectivity index is 2.63. The van der Waals surface area contributed by atoms with E-state index in [-0.39, 0.29) is 5.91 Å². The van der Waals surface area contributed by atoms with E-state index in [9.17, 15) is 4.79 Å². The second-order valence-electron chi connectivity index (χ2n) is 7.25. The summed E-state index contributed by atoms with van der Waals surface area (Å²) in [6, 6.07) is 8.24. The Morgan fingerprint density at radius 1 is 1.13 bits per heavy atom. The third-order valence-corrected chi connectivity index (χ3v) is 4.12. The number of para-hydroxylation sites is 1. The molecule has 1 heterocycles. The molecule has 0 amide bonds. The van der Waals surface area contributed by atoms with Gasteiger partial charge in [0.2, 0.25) is 5.91 Å². The van der Waals surface area contributed by atoms with Gasteiger partial charge in [0.1, 0.15) is 0 Å². The zero-order valence-electron chi connectivity index (χ0n) is 15.1. The summed E-state index contributed by atoms with van der Waals surface area (Å²) in [5.41, 5.74) is 3.21. The van der Waals surface area contributed by atoms with Crippen LogP contribution >= 0.6 is 0 Å². The van der Waals surface area contributed by atoms with Crippen LogP contribution in [0, 0.1) is 5.41 Å². The van der Waals surface area contributed by atoms with Crippen molar-refractivity contribution in [3.05, 3.63) is 42.1 Å². The first kappa shape index (κ1) is 17.5. The van der Waals surface area contributed by atoms with Gasteiger partial charge in [-0.15, -0.1) is 0 Å². The predicted octanol–water partition coefficient (Wildman–Crippen LogP) is 6.31. The summed E-state index contributed by atoms with van der Waals surface area (Å²) < 4.78 is 1.85. The standard InChI is InChI=1S/C21H29NO/c1-6-8-12-16(11-7-2)18-15-22(20(23)21(3,4)5)19-14-10-9-13-17(18)19/h9-10,12-15H,6-8,11H2,1-5H3/b16-12+. The molecule has 0 bridgehead atoms. The molecule has 0 aliphatic carbocycles. The van der Waals surface area contributed by atoms with Crippen molar-refractivity contribution in [1.82, 2.24) is 4.57 Å². The molecule has 0 N–H and O–H groups in total. The maximum absolute atomic E-state index is 12.8. The Kier molecular flexibility index (Phi) is 5.46. The highest BCUT2D eigenvalue weighted by molar-refractivity contribution is 6.00. The zero-order chi connectivity index (χ0) is 17.0. The Morgan fingerprint density at radius 2 is 1.83 bits per heavy atom. The first-order valence-corrected chi connectivity index (χ1v) is 8.74. The lowest BCUT2D eigenvalue weighted by molar-refractivity contribution is 0.0772. The number of hydrogen-bond donors (Lipinski definition) is 0. The van der Waals surface area contributed by atoms with Crippen LogP contribution < -0.4 is 0 Å². The second-order valence-corrected chi connectivity index (χ2v) is 7.25. The number of fused-ring (bicyclic) bond motifs is 1. The fourth-order valence-electron chi connectivity index (χ4n) is 2.90. The van der Waals surface area contributed by atoms with Gasteiger partial charge in [-0.3, -0.25) is 9.36 Å². The van der Waals surface area contributed by atoms with Crippen LogP contribution in [0.2, 0.25) is 0 Å². The van der Waals surface area contributed by atoms with E-state index in [4.69, 9.17) is 0 Å². The van der Waals surface area contributed by atoms with Gasteiger partial charge in [-0.2, -0.15) is 0 Å². The topological polar surface area (TPSA) is 22.0 Å². The van der Waals surface area contributed by atoms with Crippen molar-refractivity contribution in [3.8, 4) is 0 Å². The molecule has 2 heteroatoms. The molecule has 1 aromatic carbocycles. The first-order chi connectivity index (χ1) is 10.9. The summed E-state index contributed by atoms with van der Waals surface area (Å²) in [4.78, 5) is 12.8. The first-order valence-electron chi connectivity index (χ1n) is 8.74. The minimum Gasteiger partial charge on any atom is -0.286 e. The summed E-state index contributed by atoms with van der Waals surface area (Å²) in [5, 5.41) is 1.18. The number of carbonyl (C=O) groups is 1. The van der Waals surface area contributed by atoms with Crippen LogP contribution in [-0.4, -0.2) is 10.5 Å². The minimum absolute atomic E-state index is 0.145. The van der Waals surface area contributed by atoms with Crippen molar-refractivity contribution < 1.29 is 4.79 Å². The smallest absolute Gasteiger partial charge is 0.236 e. The van der Waals surface area contributed by atoms with E-state index >= 15 is 0 Å². The molecule has 23 heavy (non-hydrogen) atoms. The van der Waals surface area contributed by atoms with Crippen molar-refractivity contribution in [2.45, 2.75) is 60.3 Å². The van der Waals surface area contributed by atoms with Gasteiger partial charge in [0.15, 0.2) is 0 Å². The lowest BCUT2D eigenvalue weighted by Gasteiger charge is -2.17. The highest BCUT2D eigenvalue weighted by Crippen LogP contribution is 2.32. The fourth-order valence-corrected chi connectivity index (χ4v) is 2.90. The van der Waals surface area contributed by atoms with Gasteiger partial charge < -0.3 is 0 Å². The van der Waals surface area contributed by atoms with Gasteiger partial charge in [0, 0.05) is 22.6 Å². The van der Waals surface area contributed by atoms with Gasteiger partial charge in [-0.25, -0.2) is 0 Å². The van der Waals surface area contributed by atoms with Crippen molar-refractivity contribution >= 4 is 22.4 Å². The van der Waals surface area contributed by atoms with Crippen LogP contribution in [0.3, 0.4) is 0 Å². The second kappa shape index (κ2) is 7.16. The summed E-state index contributed by atoms with van der Waals surface area (Å²) in [7, 11) is 0. The Hall–Kier alpha value is -1.83. The van der Waals surface area contributed by atoms with Crippen LogP contribution in [0.25, 0.3) is 16.5 Å². The maximum Gasteiger partial charge on any atom is 0.236 e. The molecule has 0 saturated carbocycles. The number of aromatic nitrogens is 1. The third-order valence-electron chi connectivity index (χ3n) is 4.12. The molecule has 2 aromatic rings. The molecule has 0 aliphatic rings. The van der Waals surface area contributed by atoms with Gasteiger partial charge >= 0.3 is 0 Å². The number of unbranched alkanes of at least 4 members (excludes halogenated alkanes) is 1. The summed E-state index contributed by atoms with van der Waals surface area (Å²) in [6.45, 7) is 10.3. The molecule has 0 unspecified atom stereocenters. The highest BCUT2D eigenvalue weighted by Gasteiger charge is 2.25. The molecule has 0 atom stereocenters. The number of carbonyl (C=O) groups excluding carboxylic acids is 1. The average Bonchev–Trinajstić information content (AvgIpc) is 2.89. The Bertz CT molecular complexity index is 713. The molecule has 0 fully saturated rings. The SMILES string of the molecule is CCC/C=C(\CCC)c1cn(C(=O)C(C)(C)C)c2ccccc12. The Labute approximate surface area is 140 Å². The van der Waals surface area contributed by atoms with Crippen LogP contribution in [0.5, 0.6) is 0 Å². The van der Waals surface area contributed by atoms with E-state index in [2.05, 4.69) is 38.3 Å². The van der Waals surface area contributed by atoms with Crippen LogP contribution in [0.4, 0.5) is 0 Å². The molecule has 0 saturated heterocycles. The molecule has 124 valence electrons. The normalized spacial score (nSPS) is 12.8. The lowest BCUT2D eigenvalue weighted by atomic mass is 9.95. The molecule has 0 spiro atoms. The monoisotopic (exact) mass is 311 g/mol. The van der Waals surface area contributed by atoms with Gasteiger partial charge in [0.05, 0.1) is 5.52 Å². The van der Waals surface area contributed by atoms with E-state index < -0.39 is 5.41 Å². The fraction of sp³-hybridized carbons (Fsp3) is 0.476. The van der Waals surface area contributed by atoms with Gasteiger partial charge in [-0.05, 0) is 24.5 Å². The zero-order valence-corrected chi connectivity index (χ0v) is 15.1. The molecular weight excluding hydrogens is 282 g/mol. The van der Waals surface area contributed by atoms with E-state index in [1.165, 1.54) is 16.5 Å². The molecule has 2 rings (SSSR count). The maximum atomic E-state index is 12.8. The van der Waals surface area contributed by atoms with Gasteiger partial charge in [-0.1, -0.05) is 71.7 Å². The third kappa shape index (κ3) is 3.74. The Morgan fingerprint density at radius 3 is 2.43 bits per heavy atom. The minimum atomic E-state index is -0.392. The van der Waals surface area contributed by atoms with Crippen molar-refractivity contribution in [3.63, 3.8) is 0 Å². The van der Waals surface area contributed by atoms with E-state index in [0.717, 1.165) is 31.2 Å². The highest BCUT2D eigenvalue weighted by atomic mass is 16.2. The molecular formula is C21H29NO. The molecule has 0 aliphatic heterocycles. The summed E-state index contributed by atoms with van der Waals surface area (Å²) in [5.74, 6) is 0.145. The van der Waals surface area contributed by atoms with E-state index in [1.807, 2.05) is 37.5 Å². The predicted molar refractivity (Wildman–Crippen MR) is 99.8 cm³/mol. The summed E-state index contributed by atoms with van der Waals surface area (Å²) >= 11 is 0. The van der Waals surface area contributed by atoms with Crippen LogP contribution in [-0.2, 0) is 0 Å². The quantitative estimate of drug-likeness (QED) is 0.634. The largest absolute Gasteiger partial charge is 0.286 e. The molecule has 1 aromatic heterocycles. The van der Waals surface area contributed by atoms with Crippen molar-refractivity contribution in [2.24, 2.45) is 5.41 Å². The molecule has 2 nitrogen and oxygen atoms in total. The average molecular weight is 311 g/mol.